The minimum absolute atomic E-state index is 0.0586. The van der Waals surface area contributed by atoms with E-state index >= 15 is 0 Å². The molecule has 0 saturated heterocycles. The lowest BCUT2D eigenvalue weighted by Gasteiger charge is -2.17. The Morgan fingerprint density at radius 3 is 2.65 bits per heavy atom. The molecule has 0 aliphatic rings. The minimum atomic E-state index is -0.486. The summed E-state index contributed by atoms with van der Waals surface area (Å²) in [6.45, 7) is 2.49. The number of anilines is 2. The van der Waals surface area contributed by atoms with Crippen LogP contribution in [0.25, 0.3) is 22.2 Å². The number of fused-ring (bicyclic) bond motifs is 1. The molecule has 0 saturated carbocycles. The molecule has 0 unspecified atom stereocenters. The van der Waals surface area contributed by atoms with Crippen molar-refractivity contribution in [3.05, 3.63) is 66.1 Å². The second-order valence-electron chi connectivity index (χ2n) is 7.47. The van der Waals surface area contributed by atoms with Crippen LogP contribution in [0.5, 0.6) is 0 Å². The lowest BCUT2D eigenvalue weighted by molar-refractivity contribution is 0.0964. The van der Waals surface area contributed by atoms with Gasteiger partial charge in [-0.15, -0.1) is 0 Å². The van der Waals surface area contributed by atoms with Gasteiger partial charge in [-0.05, 0) is 17.7 Å². The van der Waals surface area contributed by atoms with E-state index in [-0.39, 0.29) is 22.8 Å². The summed E-state index contributed by atoms with van der Waals surface area (Å²) in [4.78, 5) is 38.2. The van der Waals surface area contributed by atoms with E-state index < -0.39 is 5.82 Å². The number of pyridine rings is 1. The second-order valence-corrected chi connectivity index (χ2v) is 7.47. The van der Waals surface area contributed by atoms with Crippen LogP contribution in [-0.2, 0) is 4.84 Å². The molecule has 11 heteroatoms. The van der Waals surface area contributed by atoms with Gasteiger partial charge in [0.2, 0.25) is 5.95 Å². The van der Waals surface area contributed by atoms with Gasteiger partial charge in [0.25, 0.3) is 5.91 Å². The summed E-state index contributed by atoms with van der Waals surface area (Å²) in [7, 11) is 2.99. The summed E-state index contributed by atoms with van der Waals surface area (Å²) >= 11 is 0. The van der Waals surface area contributed by atoms with Crippen LogP contribution in [0.3, 0.4) is 0 Å². The number of hydrogen-bond acceptors (Lipinski definition) is 9. The van der Waals surface area contributed by atoms with E-state index in [1.165, 1.54) is 38.8 Å². The van der Waals surface area contributed by atoms with Crippen molar-refractivity contribution in [1.29, 1.82) is 0 Å². The molecular weight excluding hydrogens is 439 g/mol. The lowest BCUT2D eigenvalue weighted by atomic mass is 9.95. The Kier molecular flexibility index (Phi) is 6.83. The third-order valence-corrected chi connectivity index (χ3v) is 5.27. The Bertz CT molecular complexity index is 1320. The quantitative estimate of drug-likeness (QED) is 0.338. The van der Waals surface area contributed by atoms with Gasteiger partial charge >= 0.3 is 0 Å². The SMILES string of the molecule is CNC(=O)c1ccnc2c([C@H](C)CNc3cc(-c4cnc(NOC)nc4)ncn3)ccc(F)c12. The largest absolute Gasteiger partial charge is 0.369 e. The number of nitrogens with one attached hydrogen (secondary N) is 3. The zero-order valence-corrected chi connectivity index (χ0v) is 18.8. The van der Waals surface area contributed by atoms with Gasteiger partial charge in [-0.3, -0.25) is 14.6 Å². The highest BCUT2D eigenvalue weighted by molar-refractivity contribution is 6.06. The van der Waals surface area contributed by atoms with Gasteiger partial charge in [0.15, 0.2) is 0 Å². The van der Waals surface area contributed by atoms with E-state index in [2.05, 4.69) is 41.0 Å². The van der Waals surface area contributed by atoms with E-state index in [4.69, 9.17) is 4.84 Å². The Hall–Kier alpha value is -4.25. The predicted molar refractivity (Wildman–Crippen MR) is 126 cm³/mol. The van der Waals surface area contributed by atoms with Gasteiger partial charge < -0.3 is 10.6 Å². The maximum absolute atomic E-state index is 14.6. The number of carbonyl (C=O) groups is 1. The molecule has 4 rings (SSSR count). The van der Waals surface area contributed by atoms with Crippen LogP contribution in [0.15, 0.2) is 49.2 Å². The van der Waals surface area contributed by atoms with Gasteiger partial charge in [-0.25, -0.2) is 29.8 Å². The molecule has 0 fully saturated rings. The molecule has 1 aromatic carbocycles. The molecule has 174 valence electrons. The maximum atomic E-state index is 14.6. The van der Waals surface area contributed by atoms with Crippen molar-refractivity contribution in [3.63, 3.8) is 0 Å². The number of aromatic nitrogens is 5. The van der Waals surface area contributed by atoms with Crippen LogP contribution in [-0.4, -0.2) is 51.5 Å². The van der Waals surface area contributed by atoms with Gasteiger partial charge in [-0.1, -0.05) is 13.0 Å². The fraction of sp³-hybridized carbons (Fsp3) is 0.217. The summed E-state index contributed by atoms with van der Waals surface area (Å²) in [6, 6.07) is 6.37. The Morgan fingerprint density at radius 2 is 1.91 bits per heavy atom. The van der Waals surface area contributed by atoms with Crippen LogP contribution in [0.1, 0.15) is 28.8 Å². The molecule has 3 N–H and O–H groups in total. The van der Waals surface area contributed by atoms with Crippen LogP contribution in [0.4, 0.5) is 16.2 Å². The molecule has 0 bridgehead atoms. The van der Waals surface area contributed by atoms with E-state index in [1.54, 1.807) is 24.5 Å². The minimum Gasteiger partial charge on any atom is -0.369 e. The fourth-order valence-corrected chi connectivity index (χ4v) is 3.55. The highest BCUT2D eigenvalue weighted by Crippen LogP contribution is 2.29. The Balaban J connectivity index is 1.54. The molecule has 3 aromatic heterocycles. The first kappa shape index (κ1) is 22.9. The third-order valence-electron chi connectivity index (χ3n) is 5.27. The normalized spacial score (nSPS) is 11.8. The molecule has 0 aliphatic carbocycles. The molecule has 0 spiro atoms. The molecule has 1 atom stereocenters. The van der Waals surface area contributed by atoms with Crippen molar-refractivity contribution in [2.24, 2.45) is 0 Å². The monoisotopic (exact) mass is 462 g/mol. The second kappa shape index (κ2) is 10.1. The standard InChI is InChI=1S/C23H23FN8O2/c1-13(15-4-5-17(24)20-16(22(33)25-2)6-7-26-21(15)20)9-27-19-8-18(30-12-31-19)14-10-28-23(29-11-14)32-34-3/h4-8,10-13H,9H2,1-3H3,(H,25,33)(H,27,30,31)(H,28,29,32)/t13-/m1/s1. The summed E-state index contributed by atoms with van der Waals surface area (Å²) in [5.74, 6) is 0.0444. The van der Waals surface area contributed by atoms with Gasteiger partial charge in [-0.2, -0.15) is 0 Å². The van der Waals surface area contributed by atoms with Crippen molar-refractivity contribution in [3.8, 4) is 11.3 Å². The highest BCUT2D eigenvalue weighted by atomic mass is 19.1. The molecule has 34 heavy (non-hydrogen) atoms. The first-order valence-corrected chi connectivity index (χ1v) is 10.5. The average Bonchev–Trinajstić information content (AvgIpc) is 2.87. The number of benzene rings is 1. The van der Waals surface area contributed by atoms with Gasteiger partial charge in [0, 0.05) is 55.1 Å². The van der Waals surface area contributed by atoms with Crippen LogP contribution in [0, 0.1) is 5.82 Å². The number of hydrogen-bond donors (Lipinski definition) is 3. The van der Waals surface area contributed by atoms with Crippen molar-refractivity contribution in [2.45, 2.75) is 12.8 Å². The predicted octanol–water partition coefficient (Wildman–Crippen LogP) is 3.17. The highest BCUT2D eigenvalue weighted by Gasteiger charge is 2.18. The van der Waals surface area contributed by atoms with Crippen LogP contribution in [0.2, 0.25) is 0 Å². The molecule has 0 radical (unpaired) electrons. The first-order valence-electron chi connectivity index (χ1n) is 10.5. The van der Waals surface area contributed by atoms with E-state index in [0.717, 1.165) is 11.1 Å². The molecule has 10 nitrogen and oxygen atoms in total. The molecule has 1 amide bonds. The van der Waals surface area contributed by atoms with E-state index in [1.807, 2.05) is 6.92 Å². The maximum Gasteiger partial charge on any atom is 0.251 e. The van der Waals surface area contributed by atoms with Crippen LogP contribution >= 0.6 is 0 Å². The van der Waals surface area contributed by atoms with E-state index in [0.29, 0.717) is 29.5 Å². The topological polar surface area (TPSA) is 127 Å². The zero-order valence-electron chi connectivity index (χ0n) is 18.8. The number of carbonyl (C=O) groups excluding carboxylic acids is 1. The van der Waals surface area contributed by atoms with Gasteiger partial charge in [0.1, 0.15) is 18.0 Å². The zero-order chi connectivity index (χ0) is 24.1. The van der Waals surface area contributed by atoms with Crippen molar-refractivity contribution in [1.82, 2.24) is 30.2 Å². The number of amides is 1. The Morgan fingerprint density at radius 1 is 1.12 bits per heavy atom. The summed E-state index contributed by atoms with van der Waals surface area (Å²) in [5, 5.41) is 6.04. The van der Waals surface area contributed by atoms with E-state index in [9.17, 15) is 9.18 Å². The molecule has 3 heterocycles. The first-order chi connectivity index (χ1) is 16.5. The summed E-state index contributed by atoms with van der Waals surface area (Å²) in [6.07, 6.45) is 6.23. The van der Waals surface area contributed by atoms with Crippen LogP contribution < -0.4 is 16.1 Å². The summed E-state index contributed by atoms with van der Waals surface area (Å²) < 4.78 is 14.6. The fourth-order valence-electron chi connectivity index (χ4n) is 3.55. The average molecular weight is 462 g/mol. The number of rotatable bonds is 8. The summed E-state index contributed by atoms with van der Waals surface area (Å²) in [5.41, 5.74) is 5.45. The smallest absolute Gasteiger partial charge is 0.251 e. The van der Waals surface area contributed by atoms with Crippen molar-refractivity contribution >= 4 is 28.6 Å². The van der Waals surface area contributed by atoms with Gasteiger partial charge in [0.05, 0.1) is 23.9 Å². The Labute approximate surface area is 195 Å². The lowest BCUT2D eigenvalue weighted by Crippen LogP contribution is -2.19. The molecular formula is C23H23FN8O2. The number of nitrogens with zero attached hydrogens (tertiary/aromatic N) is 5. The molecule has 4 aromatic rings. The number of halogens is 1. The molecule has 0 aliphatic heterocycles. The van der Waals surface area contributed by atoms with Crippen molar-refractivity contribution < 1.29 is 14.0 Å². The third kappa shape index (κ3) is 4.74. The van der Waals surface area contributed by atoms with Crippen molar-refractivity contribution in [2.75, 3.05) is 31.5 Å².